The van der Waals surface area contributed by atoms with Crippen molar-refractivity contribution in [3.05, 3.63) is 24.0 Å². The predicted octanol–water partition coefficient (Wildman–Crippen LogP) is -0.490. The zero-order valence-corrected chi connectivity index (χ0v) is 12.2. The molecule has 8 nitrogen and oxygen atoms in total. The summed E-state index contributed by atoms with van der Waals surface area (Å²) in [4.78, 5) is 29.0. The van der Waals surface area contributed by atoms with Crippen molar-refractivity contribution in [2.75, 3.05) is 24.3 Å². The summed E-state index contributed by atoms with van der Waals surface area (Å²) in [6.07, 6.45) is 2.85. The van der Waals surface area contributed by atoms with Gasteiger partial charge in [-0.25, -0.2) is 18.4 Å². The number of amides is 1. The lowest BCUT2D eigenvalue weighted by molar-refractivity contribution is -0.117. The molecule has 1 amide bonds. The number of hydrogen-bond donors (Lipinski definition) is 1. The van der Waals surface area contributed by atoms with Gasteiger partial charge < -0.3 is 9.64 Å². The van der Waals surface area contributed by atoms with Gasteiger partial charge >= 0.3 is 5.97 Å². The highest BCUT2D eigenvalue weighted by molar-refractivity contribution is 7.89. The monoisotopic (exact) mass is 313 g/mol. The van der Waals surface area contributed by atoms with E-state index in [-0.39, 0.29) is 30.2 Å². The molecule has 9 heteroatoms. The van der Waals surface area contributed by atoms with Crippen molar-refractivity contribution >= 4 is 27.6 Å². The van der Waals surface area contributed by atoms with E-state index < -0.39 is 21.9 Å². The first-order valence-electron chi connectivity index (χ1n) is 6.15. The number of pyridine rings is 1. The minimum atomic E-state index is -3.65. The number of aromatic nitrogens is 1. The van der Waals surface area contributed by atoms with E-state index in [0.29, 0.717) is 5.69 Å². The molecule has 114 valence electrons. The number of hydrogen-bond acceptors (Lipinski definition) is 6. The maximum absolute atomic E-state index is 12.0. The molecule has 1 atom stereocenters. The second-order valence-corrected chi connectivity index (χ2v) is 6.45. The number of primary sulfonamides is 1. The molecular weight excluding hydrogens is 298 g/mol. The van der Waals surface area contributed by atoms with Gasteiger partial charge in [-0.2, -0.15) is 0 Å². The van der Waals surface area contributed by atoms with Crippen molar-refractivity contribution in [1.82, 2.24) is 4.98 Å². The van der Waals surface area contributed by atoms with Crippen molar-refractivity contribution in [1.29, 1.82) is 0 Å². The fraction of sp³-hybridized carbons (Fsp3) is 0.417. The lowest BCUT2D eigenvalue weighted by Crippen LogP contribution is -2.29. The summed E-state index contributed by atoms with van der Waals surface area (Å²) in [5.41, 5.74) is 0.517. The Labute approximate surface area is 121 Å². The van der Waals surface area contributed by atoms with E-state index in [2.05, 4.69) is 9.72 Å². The van der Waals surface area contributed by atoms with Gasteiger partial charge in [-0.15, -0.1) is 0 Å². The Hall–Kier alpha value is -2.00. The molecule has 1 aromatic heterocycles. The molecule has 0 aromatic carbocycles. The molecule has 2 N–H and O–H groups in total. The van der Waals surface area contributed by atoms with Crippen molar-refractivity contribution in [3.63, 3.8) is 0 Å². The van der Waals surface area contributed by atoms with Crippen LogP contribution in [-0.2, 0) is 19.6 Å². The molecule has 1 aliphatic heterocycles. The van der Waals surface area contributed by atoms with E-state index in [0.717, 1.165) is 0 Å². The Bertz CT molecular complexity index is 673. The highest BCUT2D eigenvalue weighted by Crippen LogP contribution is 2.28. The quantitative estimate of drug-likeness (QED) is 0.749. The third-order valence-electron chi connectivity index (χ3n) is 3.17. The molecule has 1 fully saturated rings. The van der Waals surface area contributed by atoms with Crippen LogP contribution in [0.5, 0.6) is 0 Å². The Kier molecular flexibility index (Phi) is 4.24. The second kappa shape index (κ2) is 5.78. The zero-order valence-electron chi connectivity index (χ0n) is 11.4. The van der Waals surface area contributed by atoms with E-state index in [1.165, 1.54) is 30.5 Å². The molecule has 0 bridgehead atoms. The number of anilines is 1. The average molecular weight is 313 g/mol. The second-order valence-electron chi connectivity index (χ2n) is 4.79. The van der Waals surface area contributed by atoms with Crippen LogP contribution >= 0.6 is 0 Å². The number of nitrogens with two attached hydrogens (primary N) is 1. The molecule has 1 saturated heterocycles. The lowest BCUT2D eigenvalue weighted by Gasteiger charge is -2.18. The number of methoxy groups -OCH3 is 1. The maximum Gasteiger partial charge on any atom is 0.340 e. The summed E-state index contributed by atoms with van der Waals surface area (Å²) in [6.45, 7) is 0.172. The highest BCUT2D eigenvalue weighted by Gasteiger charge is 2.34. The van der Waals surface area contributed by atoms with Crippen LogP contribution in [0.15, 0.2) is 18.5 Å². The van der Waals surface area contributed by atoms with Crippen molar-refractivity contribution in [2.45, 2.75) is 6.42 Å². The Morgan fingerprint density at radius 1 is 1.57 bits per heavy atom. The lowest BCUT2D eigenvalue weighted by atomic mass is 10.1. The first-order chi connectivity index (χ1) is 9.81. The van der Waals surface area contributed by atoms with E-state index in [1.54, 1.807) is 0 Å². The molecule has 1 aliphatic rings. The third-order valence-corrected chi connectivity index (χ3v) is 4.11. The van der Waals surface area contributed by atoms with E-state index in [1.807, 2.05) is 0 Å². The SMILES string of the molecule is COC(=O)c1ccncc1N1CC(CS(N)(=O)=O)CC1=O. The zero-order chi connectivity index (χ0) is 15.6. The van der Waals surface area contributed by atoms with Gasteiger partial charge in [-0.05, 0) is 6.07 Å². The average Bonchev–Trinajstić information content (AvgIpc) is 2.76. The van der Waals surface area contributed by atoms with Crippen molar-refractivity contribution in [2.24, 2.45) is 11.1 Å². The summed E-state index contributed by atoms with van der Waals surface area (Å²) in [5.74, 6) is -1.54. The van der Waals surface area contributed by atoms with E-state index in [9.17, 15) is 18.0 Å². The molecule has 2 rings (SSSR count). The van der Waals surface area contributed by atoms with Crippen LogP contribution in [0.2, 0.25) is 0 Å². The van der Waals surface area contributed by atoms with Crippen molar-refractivity contribution in [3.8, 4) is 0 Å². The van der Waals surface area contributed by atoms with Gasteiger partial charge in [0.05, 0.1) is 30.3 Å². The van der Waals surface area contributed by atoms with Crippen LogP contribution in [-0.4, -0.2) is 44.7 Å². The fourth-order valence-corrected chi connectivity index (χ4v) is 3.22. The first-order valence-corrected chi connectivity index (χ1v) is 7.86. The Balaban J connectivity index is 2.27. The van der Waals surface area contributed by atoms with E-state index in [4.69, 9.17) is 5.14 Å². The molecule has 0 spiro atoms. The number of sulfonamides is 1. The fourth-order valence-electron chi connectivity index (χ4n) is 2.34. The summed E-state index contributed by atoms with van der Waals surface area (Å²) in [7, 11) is -2.42. The van der Waals surface area contributed by atoms with Gasteiger partial charge in [0.15, 0.2) is 0 Å². The Morgan fingerprint density at radius 3 is 2.90 bits per heavy atom. The molecule has 0 saturated carbocycles. The van der Waals surface area contributed by atoms with Crippen LogP contribution in [0.3, 0.4) is 0 Å². The summed E-state index contributed by atoms with van der Waals surface area (Å²) in [5, 5.41) is 5.00. The maximum atomic E-state index is 12.0. The molecule has 1 unspecified atom stereocenters. The summed E-state index contributed by atoms with van der Waals surface area (Å²) in [6, 6.07) is 1.45. The number of carbonyl (C=O) groups excluding carboxylic acids is 2. The molecule has 1 aromatic rings. The number of esters is 1. The van der Waals surface area contributed by atoms with Gasteiger partial charge in [0, 0.05) is 25.1 Å². The topological polar surface area (TPSA) is 120 Å². The van der Waals surface area contributed by atoms with Crippen LogP contribution in [0.25, 0.3) is 0 Å². The van der Waals surface area contributed by atoms with Crippen molar-refractivity contribution < 1.29 is 22.7 Å². The van der Waals surface area contributed by atoms with Crippen LogP contribution in [0, 0.1) is 5.92 Å². The van der Waals surface area contributed by atoms with E-state index >= 15 is 0 Å². The molecule has 2 heterocycles. The van der Waals surface area contributed by atoms with Crippen LogP contribution in [0.4, 0.5) is 5.69 Å². The highest BCUT2D eigenvalue weighted by atomic mass is 32.2. The predicted molar refractivity (Wildman–Crippen MR) is 74.0 cm³/mol. The number of ether oxygens (including phenoxy) is 1. The minimum absolute atomic E-state index is 0.0614. The standard InChI is InChI=1S/C12H15N3O5S/c1-20-12(17)9-2-3-14-5-10(9)15-6-8(4-11(15)16)7-21(13,18)19/h2-3,5,8H,4,6-7H2,1H3,(H2,13,18,19). The molecule has 0 aliphatic carbocycles. The molecule has 0 radical (unpaired) electrons. The van der Waals surface area contributed by atoms with Crippen LogP contribution in [0.1, 0.15) is 16.8 Å². The van der Waals surface area contributed by atoms with Gasteiger partial charge in [-0.3, -0.25) is 9.78 Å². The largest absolute Gasteiger partial charge is 0.465 e. The normalized spacial score (nSPS) is 18.9. The van der Waals surface area contributed by atoms with Crippen LogP contribution < -0.4 is 10.0 Å². The smallest absolute Gasteiger partial charge is 0.340 e. The third kappa shape index (κ3) is 3.56. The number of carbonyl (C=O) groups is 2. The number of rotatable bonds is 4. The van der Waals surface area contributed by atoms with Gasteiger partial charge in [0.1, 0.15) is 0 Å². The molecule has 21 heavy (non-hydrogen) atoms. The number of nitrogens with zero attached hydrogens (tertiary/aromatic N) is 2. The Morgan fingerprint density at radius 2 is 2.29 bits per heavy atom. The first kappa shape index (κ1) is 15.4. The summed E-state index contributed by atoms with van der Waals surface area (Å²) < 4.78 is 26.9. The summed E-state index contributed by atoms with van der Waals surface area (Å²) >= 11 is 0. The van der Waals surface area contributed by atoms with Gasteiger partial charge in [-0.1, -0.05) is 0 Å². The molecular formula is C12H15N3O5S. The van der Waals surface area contributed by atoms with Gasteiger partial charge in [0.25, 0.3) is 0 Å². The van der Waals surface area contributed by atoms with Gasteiger partial charge in [0.2, 0.25) is 15.9 Å². The minimum Gasteiger partial charge on any atom is -0.465 e.